The van der Waals surface area contributed by atoms with E-state index in [1.165, 1.54) is 11.1 Å². The Morgan fingerprint density at radius 2 is 2.12 bits per heavy atom. The first-order valence-corrected chi connectivity index (χ1v) is 8.61. The van der Waals surface area contributed by atoms with Gasteiger partial charge in [0.1, 0.15) is 5.69 Å². The lowest BCUT2D eigenvalue weighted by Gasteiger charge is -2.33. The summed E-state index contributed by atoms with van der Waals surface area (Å²) in [7, 11) is 1.86. The molecule has 1 N–H and O–H groups in total. The number of amides is 1. The highest BCUT2D eigenvalue weighted by Gasteiger charge is 2.23. The zero-order valence-corrected chi connectivity index (χ0v) is 14.7. The molecule has 1 unspecified atom stereocenters. The van der Waals surface area contributed by atoms with Gasteiger partial charge >= 0.3 is 0 Å². The lowest BCUT2D eigenvalue weighted by atomic mass is 10.0. The van der Waals surface area contributed by atoms with Crippen molar-refractivity contribution < 1.29 is 4.79 Å². The first-order valence-electron chi connectivity index (χ1n) is 8.61. The largest absolute Gasteiger partial charge is 0.347 e. The van der Waals surface area contributed by atoms with Crippen LogP contribution in [-0.4, -0.2) is 39.7 Å². The van der Waals surface area contributed by atoms with Crippen LogP contribution in [-0.2, 0) is 13.6 Å². The van der Waals surface area contributed by atoms with E-state index >= 15 is 0 Å². The molecule has 1 aromatic carbocycles. The van der Waals surface area contributed by atoms with Crippen LogP contribution in [0.1, 0.15) is 40.2 Å². The van der Waals surface area contributed by atoms with Gasteiger partial charge in [-0.05, 0) is 50.4 Å². The third-order valence-corrected chi connectivity index (χ3v) is 4.84. The molecule has 0 saturated carbocycles. The summed E-state index contributed by atoms with van der Waals surface area (Å²) in [5.74, 6) is -0.0681. The predicted octanol–water partition coefficient (Wildman–Crippen LogP) is 2.43. The van der Waals surface area contributed by atoms with Crippen molar-refractivity contribution in [3.63, 3.8) is 0 Å². The van der Waals surface area contributed by atoms with Gasteiger partial charge in [0.25, 0.3) is 5.91 Å². The summed E-state index contributed by atoms with van der Waals surface area (Å²) in [6.07, 6.45) is 2.14. The van der Waals surface area contributed by atoms with Crippen LogP contribution in [0.2, 0.25) is 0 Å². The fourth-order valence-corrected chi connectivity index (χ4v) is 3.28. The molecular formula is C19H26N4O. The van der Waals surface area contributed by atoms with E-state index in [9.17, 15) is 4.79 Å². The summed E-state index contributed by atoms with van der Waals surface area (Å²) >= 11 is 0. The summed E-state index contributed by atoms with van der Waals surface area (Å²) in [4.78, 5) is 14.8. The van der Waals surface area contributed by atoms with Crippen molar-refractivity contribution in [2.75, 3.05) is 13.1 Å². The van der Waals surface area contributed by atoms with Gasteiger partial charge < -0.3 is 5.32 Å². The van der Waals surface area contributed by atoms with Gasteiger partial charge in [-0.2, -0.15) is 5.10 Å². The molecule has 1 amide bonds. The monoisotopic (exact) mass is 326 g/mol. The van der Waals surface area contributed by atoms with Crippen molar-refractivity contribution in [2.24, 2.45) is 7.05 Å². The zero-order valence-electron chi connectivity index (χ0n) is 14.7. The fraction of sp³-hybridized carbons (Fsp3) is 0.474. The second kappa shape index (κ2) is 7.18. The van der Waals surface area contributed by atoms with Gasteiger partial charge in [-0.1, -0.05) is 24.3 Å². The van der Waals surface area contributed by atoms with Crippen LogP contribution in [0, 0.1) is 13.8 Å². The van der Waals surface area contributed by atoms with E-state index in [0.29, 0.717) is 5.69 Å². The Bertz CT molecular complexity index is 702. The van der Waals surface area contributed by atoms with Crippen LogP contribution in [0.15, 0.2) is 30.3 Å². The van der Waals surface area contributed by atoms with Gasteiger partial charge in [-0.25, -0.2) is 0 Å². The van der Waals surface area contributed by atoms with Crippen molar-refractivity contribution in [2.45, 2.75) is 39.3 Å². The van der Waals surface area contributed by atoms with Crippen molar-refractivity contribution in [3.05, 3.63) is 52.8 Å². The molecule has 3 rings (SSSR count). The Labute approximate surface area is 143 Å². The molecule has 2 heterocycles. The number of hydrogen-bond acceptors (Lipinski definition) is 3. The van der Waals surface area contributed by atoms with Crippen molar-refractivity contribution in [1.29, 1.82) is 0 Å². The van der Waals surface area contributed by atoms with Crippen LogP contribution in [0.3, 0.4) is 0 Å². The van der Waals surface area contributed by atoms with Crippen LogP contribution >= 0.6 is 0 Å². The minimum atomic E-state index is -0.0681. The number of nitrogens with one attached hydrogen (secondary N) is 1. The molecule has 1 aliphatic rings. The van der Waals surface area contributed by atoms with Crippen molar-refractivity contribution >= 4 is 5.91 Å². The Kier molecular flexibility index (Phi) is 5.00. The summed E-state index contributed by atoms with van der Waals surface area (Å²) in [6, 6.07) is 10.5. The number of likely N-dealkylation sites (tertiary alicyclic amines) is 1. The van der Waals surface area contributed by atoms with Crippen molar-refractivity contribution in [3.8, 4) is 0 Å². The number of nitrogens with zero attached hydrogens (tertiary/aromatic N) is 3. The number of benzene rings is 1. The Balaban J connectivity index is 1.59. The second-order valence-corrected chi connectivity index (χ2v) is 6.77. The van der Waals surface area contributed by atoms with Crippen LogP contribution in [0.25, 0.3) is 0 Å². The highest BCUT2D eigenvalue weighted by atomic mass is 16.2. The molecule has 1 aliphatic heterocycles. The van der Waals surface area contributed by atoms with Gasteiger partial charge in [0.2, 0.25) is 0 Å². The summed E-state index contributed by atoms with van der Waals surface area (Å²) in [5.41, 5.74) is 4.19. The number of piperidine rings is 1. The predicted molar refractivity (Wildman–Crippen MR) is 94.9 cm³/mol. The van der Waals surface area contributed by atoms with E-state index in [1.54, 1.807) is 4.68 Å². The molecule has 0 aliphatic carbocycles. The highest BCUT2D eigenvalue weighted by Crippen LogP contribution is 2.16. The average molecular weight is 326 g/mol. The maximum absolute atomic E-state index is 12.4. The van der Waals surface area contributed by atoms with E-state index in [4.69, 9.17) is 0 Å². The molecule has 5 nitrogen and oxygen atoms in total. The molecule has 128 valence electrons. The number of carbonyl (C=O) groups excluding carboxylic acids is 1. The molecule has 5 heteroatoms. The van der Waals surface area contributed by atoms with Gasteiger partial charge in [-0.3, -0.25) is 14.4 Å². The molecule has 0 radical (unpaired) electrons. The summed E-state index contributed by atoms with van der Waals surface area (Å²) in [6.45, 7) is 7.04. The minimum absolute atomic E-state index is 0.0681. The van der Waals surface area contributed by atoms with E-state index in [0.717, 1.165) is 38.2 Å². The van der Waals surface area contributed by atoms with Gasteiger partial charge in [-0.15, -0.1) is 0 Å². The number of rotatable bonds is 4. The molecule has 1 aromatic heterocycles. The Hall–Kier alpha value is -2.14. The van der Waals surface area contributed by atoms with E-state index in [1.807, 2.05) is 20.0 Å². The van der Waals surface area contributed by atoms with Gasteiger partial charge in [0.15, 0.2) is 0 Å². The zero-order chi connectivity index (χ0) is 17.1. The molecular weight excluding hydrogens is 300 g/mol. The topological polar surface area (TPSA) is 50.2 Å². The fourth-order valence-electron chi connectivity index (χ4n) is 3.28. The Morgan fingerprint density at radius 3 is 2.83 bits per heavy atom. The van der Waals surface area contributed by atoms with Gasteiger partial charge in [0.05, 0.1) is 0 Å². The minimum Gasteiger partial charge on any atom is -0.347 e. The van der Waals surface area contributed by atoms with E-state index in [-0.39, 0.29) is 11.9 Å². The smallest absolute Gasteiger partial charge is 0.272 e. The third kappa shape index (κ3) is 3.85. The summed E-state index contributed by atoms with van der Waals surface area (Å²) in [5, 5.41) is 7.41. The maximum atomic E-state index is 12.4. The van der Waals surface area contributed by atoms with E-state index in [2.05, 4.69) is 46.5 Å². The first-order chi connectivity index (χ1) is 11.5. The highest BCUT2D eigenvalue weighted by molar-refractivity contribution is 5.92. The molecule has 1 saturated heterocycles. The van der Waals surface area contributed by atoms with Crippen LogP contribution in [0.5, 0.6) is 0 Å². The molecule has 1 fully saturated rings. The van der Waals surface area contributed by atoms with Gasteiger partial charge in [0, 0.05) is 31.9 Å². The normalized spacial score (nSPS) is 18.5. The molecule has 1 atom stereocenters. The standard InChI is InChI=1S/C19H26N4O/c1-14-7-4-5-8-16(14)12-23-10-6-9-17(13-23)20-19(24)18-11-15(2)22(3)21-18/h4-5,7-8,11,17H,6,9-10,12-13H2,1-3H3,(H,20,24). The lowest BCUT2D eigenvalue weighted by molar-refractivity contribution is 0.0895. The number of aryl methyl sites for hydroxylation is 3. The van der Waals surface area contributed by atoms with Crippen LogP contribution in [0.4, 0.5) is 0 Å². The number of hydrogen-bond donors (Lipinski definition) is 1. The Morgan fingerprint density at radius 1 is 1.33 bits per heavy atom. The van der Waals surface area contributed by atoms with Crippen LogP contribution < -0.4 is 5.32 Å². The molecule has 0 bridgehead atoms. The van der Waals surface area contributed by atoms with E-state index < -0.39 is 0 Å². The molecule has 0 spiro atoms. The van der Waals surface area contributed by atoms with Crippen molar-refractivity contribution in [1.82, 2.24) is 20.0 Å². The maximum Gasteiger partial charge on any atom is 0.272 e. The second-order valence-electron chi connectivity index (χ2n) is 6.77. The SMILES string of the molecule is Cc1ccccc1CN1CCCC(NC(=O)c2cc(C)n(C)n2)C1. The summed E-state index contributed by atoms with van der Waals surface area (Å²) < 4.78 is 1.74. The molecule has 2 aromatic rings. The average Bonchev–Trinajstić information content (AvgIpc) is 2.90. The first kappa shape index (κ1) is 16.7. The lowest BCUT2D eigenvalue weighted by Crippen LogP contribution is -2.47. The third-order valence-electron chi connectivity index (χ3n) is 4.84. The quantitative estimate of drug-likeness (QED) is 0.939. The number of carbonyl (C=O) groups is 1. The molecule has 24 heavy (non-hydrogen) atoms. The number of aromatic nitrogens is 2.